The Balaban J connectivity index is 1.69. The second-order valence-corrected chi connectivity index (χ2v) is 8.89. The van der Waals surface area contributed by atoms with Crippen molar-refractivity contribution in [2.45, 2.75) is 30.9 Å². The van der Waals surface area contributed by atoms with E-state index in [1.54, 1.807) is 48.5 Å². The van der Waals surface area contributed by atoms with Crippen molar-refractivity contribution >= 4 is 16.0 Å². The highest BCUT2D eigenvalue weighted by Crippen LogP contribution is 2.21. The maximum absolute atomic E-state index is 12.9. The predicted molar refractivity (Wildman–Crippen MR) is 118 cm³/mol. The fraction of sp³-hybridized carbons (Fsp3) is 0.208. The number of aryl methyl sites for hydroxylation is 1. The van der Waals surface area contributed by atoms with E-state index in [4.69, 9.17) is 9.84 Å². The van der Waals surface area contributed by atoms with Crippen molar-refractivity contribution in [3.63, 3.8) is 0 Å². The number of rotatable bonds is 9. The monoisotopic (exact) mass is 439 g/mol. The van der Waals surface area contributed by atoms with Crippen LogP contribution in [0.1, 0.15) is 39.5 Å². The SMILES string of the molecule is Cc1ccc(S(=O)(=O)NC(CCOC(=O)c2ccc(CO)cc2)c2ccccc2)cc1. The summed E-state index contributed by atoms with van der Waals surface area (Å²) in [5, 5.41) is 9.09. The van der Waals surface area contributed by atoms with Crippen molar-refractivity contribution in [1.29, 1.82) is 0 Å². The van der Waals surface area contributed by atoms with E-state index in [1.807, 2.05) is 37.3 Å². The molecule has 0 bridgehead atoms. The van der Waals surface area contributed by atoms with E-state index >= 15 is 0 Å². The van der Waals surface area contributed by atoms with Gasteiger partial charge in [-0.2, -0.15) is 0 Å². The third-order valence-electron chi connectivity index (χ3n) is 4.84. The maximum atomic E-state index is 12.9. The van der Waals surface area contributed by atoms with Crippen molar-refractivity contribution < 1.29 is 23.1 Å². The fourth-order valence-corrected chi connectivity index (χ4v) is 4.31. The molecule has 2 N–H and O–H groups in total. The minimum atomic E-state index is -3.75. The summed E-state index contributed by atoms with van der Waals surface area (Å²) in [5.41, 5.74) is 2.82. The predicted octanol–water partition coefficient (Wildman–Crippen LogP) is 3.75. The van der Waals surface area contributed by atoms with Gasteiger partial charge in [0.15, 0.2) is 0 Å². The molecule has 7 heteroatoms. The molecule has 31 heavy (non-hydrogen) atoms. The largest absolute Gasteiger partial charge is 0.462 e. The Morgan fingerprint density at radius 3 is 2.23 bits per heavy atom. The normalized spacial score (nSPS) is 12.3. The van der Waals surface area contributed by atoms with Gasteiger partial charge in [0, 0.05) is 6.42 Å². The lowest BCUT2D eigenvalue weighted by atomic mass is 10.1. The van der Waals surface area contributed by atoms with Crippen molar-refractivity contribution in [2.24, 2.45) is 0 Å². The summed E-state index contributed by atoms with van der Waals surface area (Å²) in [6.07, 6.45) is 0.273. The Labute approximate surface area is 182 Å². The van der Waals surface area contributed by atoms with Gasteiger partial charge in [0.25, 0.3) is 0 Å². The fourth-order valence-electron chi connectivity index (χ4n) is 3.05. The van der Waals surface area contributed by atoms with Gasteiger partial charge in [-0.3, -0.25) is 0 Å². The molecule has 0 aliphatic heterocycles. The molecule has 1 atom stereocenters. The molecule has 3 aromatic carbocycles. The van der Waals surface area contributed by atoms with Crippen LogP contribution in [0.3, 0.4) is 0 Å². The first kappa shape index (κ1) is 22.7. The summed E-state index contributed by atoms with van der Waals surface area (Å²) in [4.78, 5) is 12.5. The molecule has 0 aliphatic rings. The molecule has 0 heterocycles. The zero-order chi connectivity index (χ0) is 22.3. The molecule has 1 unspecified atom stereocenters. The number of sulfonamides is 1. The zero-order valence-electron chi connectivity index (χ0n) is 17.2. The number of carbonyl (C=O) groups excluding carboxylic acids is 1. The minimum Gasteiger partial charge on any atom is -0.462 e. The Bertz CT molecular complexity index is 1090. The van der Waals surface area contributed by atoms with Gasteiger partial charge in [0.1, 0.15) is 0 Å². The summed E-state index contributed by atoms with van der Waals surface area (Å²) in [6, 6.07) is 21.7. The summed E-state index contributed by atoms with van der Waals surface area (Å²) < 4.78 is 33.8. The van der Waals surface area contributed by atoms with Crippen LogP contribution in [-0.2, 0) is 21.4 Å². The Morgan fingerprint density at radius 2 is 1.61 bits per heavy atom. The number of carbonyl (C=O) groups is 1. The second-order valence-electron chi connectivity index (χ2n) is 7.18. The van der Waals surface area contributed by atoms with Crippen LogP contribution in [0.15, 0.2) is 83.8 Å². The van der Waals surface area contributed by atoms with E-state index in [2.05, 4.69) is 4.72 Å². The maximum Gasteiger partial charge on any atom is 0.338 e. The lowest BCUT2D eigenvalue weighted by molar-refractivity contribution is 0.0492. The van der Waals surface area contributed by atoms with Crippen LogP contribution in [0.5, 0.6) is 0 Å². The molecule has 0 amide bonds. The number of hydrogen-bond acceptors (Lipinski definition) is 5. The van der Waals surface area contributed by atoms with Crippen molar-refractivity contribution in [2.75, 3.05) is 6.61 Å². The van der Waals surface area contributed by atoms with Crippen LogP contribution in [0.4, 0.5) is 0 Å². The molecular weight excluding hydrogens is 414 g/mol. The number of hydrogen-bond donors (Lipinski definition) is 2. The minimum absolute atomic E-state index is 0.0383. The zero-order valence-corrected chi connectivity index (χ0v) is 18.0. The summed E-state index contributed by atoms with van der Waals surface area (Å²) in [5.74, 6) is -0.502. The van der Waals surface area contributed by atoms with Gasteiger partial charge in [-0.15, -0.1) is 0 Å². The Morgan fingerprint density at radius 1 is 0.968 bits per heavy atom. The molecule has 0 saturated carbocycles. The van der Waals surface area contributed by atoms with Crippen molar-refractivity contribution in [3.05, 3.63) is 101 Å². The first-order valence-electron chi connectivity index (χ1n) is 9.90. The lowest BCUT2D eigenvalue weighted by Crippen LogP contribution is -2.29. The number of esters is 1. The van der Waals surface area contributed by atoms with Gasteiger partial charge in [-0.05, 0) is 42.3 Å². The van der Waals surface area contributed by atoms with Gasteiger partial charge in [-0.1, -0.05) is 60.2 Å². The van der Waals surface area contributed by atoms with Crippen LogP contribution in [0, 0.1) is 6.92 Å². The van der Waals surface area contributed by atoms with E-state index in [0.29, 0.717) is 11.1 Å². The molecule has 3 rings (SSSR count). The molecule has 0 spiro atoms. The van der Waals surface area contributed by atoms with Crippen LogP contribution < -0.4 is 4.72 Å². The van der Waals surface area contributed by atoms with Gasteiger partial charge in [-0.25, -0.2) is 17.9 Å². The van der Waals surface area contributed by atoms with E-state index in [1.165, 1.54) is 0 Å². The van der Waals surface area contributed by atoms with E-state index < -0.39 is 22.0 Å². The topological polar surface area (TPSA) is 92.7 Å². The molecule has 0 radical (unpaired) electrons. The molecule has 6 nitrogen and oxygen atoms in total. The highest BCUT2D eigenvalue weighted by molar-refractivity contribution is 7.89. The van der Waals surface area contributed by atoms with E-state index in [9.17, 15) is 13.2 Å². The first-order chi connectivity index (χ1) is 14.9. The van der Waals surface area contributed by atoms with Crippen LogP contribution >= 0.6 is 0 Å². The molecular formula is C24H25NO5S. The van der Waals surface area contributed by atoms with Gasteiger partial charge < -0.3 is 9.84 Å². The van der Waals surface area contributed by atoms with Gasteiger partial charge >= 0.3 is 5.97 Å². The van der Waals surface area contributed by atoms with E-state index in [-0.39, 0.29) is 24.5 Å². The summed E-state index contributed by atoms with van der Waals surface area (Å²) in [6.45, 7) is 1.83. The standard InChI is InChI=1S/C24H25NO5S/c1-18-7-13-22(14-8-18)31(28,29)25-23(20-5-3-2-4-6-20)15-16-30-24(27)21-11-9-19(17-26)10-12-21/h2-14,23,25-26H,15-17H2,1H3. The number of aliphatic hydroxyl groups is 1. The second kappa shape index (κ2) is 10.3. The number of aliphatic hydroxyl groups excluding tert-OH is 1. The highest BCUT2D eigenvalue weighted by Gasteiger charge is 2.22. The van der Waals surface area contributed by atoms with Gasteiger partial charge in [0.2, 0.25) is 10.0 Å². The lowest BCUT2D eigenvalue weighted by Gasteiger charge is -2.19. The molecule has 0 saturated heterocycles. The molecule has 3 aromatic rings. The van der Waals surface area contributed by atoms with Crippen molar-refractivity contribution in [1.82, 2.24) is 4.72 Å². The number of benzene rings is 3. The molecule has 0 fully saturated rings. The average molecular weight is 440 g/mol. The van der Waals surface area contributed by atoms with Crippen LogP contribution in [0.25, 0.3) is 0 Å². The number of nitrogens with one attached hydrogen (secondary N) is 1. The Hall–Kier alpha value is -3.00. The number of ether oxygens (including phenoxy) is 1. The smallest absolute Gasteiger partial charge is 0.338 e. The highest BCUT2D eigenvalue weighted by atomic mass is 32.2. The molecule has 0 aromatic heterocycles. The quantitative estimate of drug-likeness (QED) is 0.496. The van der Waals surface area contributed by atoms with E-state index in [0.717, 1.165) is 11.1 Å². The first-order valence-corrected chi connectivity index (χ1v) is 11.4. The van der Waals surface area contributed by atoms with Crippen molar-refractivity contribution in [3.8, 4) is 0 Å². The average Bonchev–Trinajstić information content (AvgIpc) is 2.79. The third-order valence-corrected chi connectivity index (χ3v) is 6.33. The Kier molecular flexibility index (Phi) is 7.57. The van der Waals surface area contributed by atoms with Crippen LogP contribution in [-0.4, -0.2) is 26.1 Å². The third kappa shape index (κ3) is 6.24. The summed E-state index contributed by atoms with van der Waals surface area (Å²) in [7, 11) is -3.75. The summed E-state index contributed by atoms with van der Waals surface area (Å²) >= 11 is 0. The molecule has 162 valence electrons. The van der Waals surface area contributed by atoms with Crippen LogP contribution in [0.2, 0.25) is 0 Å². The van der Waals surface area contributed by atoms with Gasteiger partial charge in [0.05, 0.1) is 29.7 Å². The molecule has 0 aliphatic carbocycles.